The fraction of sp³-hybridized carbons (Fsp3) is 0.0870. The summed E-state index contributed by atoms with van der Waals surface area (Å²) in [6.45, 7) is 1.98. The van der Waals surface area contributed by atoms with Crippen LogP contribution in [0.1, 0.15) is 43.6 Å². The van der Waals surface area contributed by atoms with Gasteiger partial charge in [-0.1, -0.05) is 25.1 Å². The Morgan fingerprint density at radius 1 is 0.968 bits per heavy atom. The lowest BCUT2D eigenvalue weighted by molar-refractivity contribution is -0.384. The molecular formula is C23H17N3O5. The van der Waals surface area contributed by atoms with Crippen molar-refractivity contribution in [2.24, 2.45) is 0 Å². The minimum absolute atomic E-state index is 0.111. The van der Waals surface area contributed by atoms with Crippen LogP contribution < -0.4 is 10.2 Å². The Labute approximate surface area is 177 Å². The number of non-ortho nitro benzene ring substituents is 1. The standard InChI is InChI=1S/C23H17N3O5/c1-2-14-5-3-4-6-20(14)24-21(27)15-7-12-18-19(13-15)23(29)25(22(18)28)16-8-10-17(11-9-16)26(30)31/h3-13H,2H2,1H3,(H,24,27). The zero-order valence-electron chi connectivity index (χ0n) is 16.5. The number of carbonyl (C=O) groups excluding carboxylic acids is 3. The van der Waals surface area contributed by atoms with Gasteiger partial charge in [0.15, 0.2) is 0 Å². The van der Waals surface area contributed by atoms with Crippen molar-refractivity contribution in [2.45, 2.75) is 13.3 Å². The number of nitro benzene ring substituents is 1. The molecule has 31 heavy (non-hydrogen) atoms. The molecule has 1 N–H and O–H groups in total. The number of rotatable bonds is 5. The number of nitrogens with one attached hydrogen (secondary N) is 1. The van der Waals surface area contributed by atoms with Crippen molar-refractivity contribution in [3.05, 3.63) is 99.1 Å². The molecule has 154 valence electrons. The molecule has 1 aliphatic rings. The van der Waals surface area contributed by atoms with E-state index in [4.69, 9.17) is 0 Å². The molecule has 0 radical (unpaired) electrons. The van der Waals surface area contributed by atoms with E-state index in [1.165, 1.54) is 42.5 Å². The molecular weight excluding hydrogens is 398 g/mol. The Morgan fingerprint density at radius 2 is 1.65 bits per heavy atom. The van der Waals surface area contributed by atoms with Crippen LogP contribution in [0.15, 0.2) is 66.7 Å². The normalized spacial score (nSPS) is 12.6. The molecule has 0 aliphatic carbocycles. The summed E-state index contributed by atoms with van der Waals surface area (Å²) in [4.78, 5) is 49.6. The molecule has 1 aliphatic heterocycles. The molecule has 8 nitrogen and oxygen atoms in total. The molecule has 0 unspecified atom stereocenters. The molecule has 3 aromatic rings. The van der Waals surface area contributed by atoms with E-state index in [1.807, 2.05) is 25.1 Å². The van der Waals surface area contributed by atoms with Crippen molar-refractivity contribution in [1.82, 2.24) is 0 Å². The lowest BCUT2D eigenvalue weighted by atomic mass is 10.0. The van der Waals surface area contributed by atoms with Crippen molar-refractivity contribution in [3.8, 4) is 0 Å². The van der Waals surface area contributed by atoms with Crippen molar-refractivity contribution in [3.63, 3.8) is 0 Å². The van der Waals surface area contributed by atoms with Gasteiger partial charge in [-0.15, -0.1) is 0 Å². The fourth-order valence-electron chi connectivity index (χ4n) is 3.49. The van der Waals surface area contributed by atoms with Crippen molar-refractivity contribution in [1.29, 1.82) is 0 Å². The predicted octanol–water partition coefficient (Wildman–Crippen LogP) is 4.21. The average Bonchev–Trinajstić information content (AvgIpc) is 3.03. The van der Waals surface area contributed by atoms with Gasteiger partial charge in [-0.25, -0.2) is 4.90 Å². The molecule has 4 rings (SSSR count). The maximum atomic E-state index is 12.9. The van der Waals surface area contributed by atoms with Crippen LogP contribution in [0.3, 0.4) is 0 Å². The second-order valence-corrected chi connectivity index (χ2v) is 6.94. The Morgan fingerprint density at radius 3 is 2.32 bits per heavy atom. The second kappa shape index (κ2) is 7.83. The fourth-order valence-corrected chi connectivity index (χ4v) is 3.49. The van der Waals surface area contributed by atoms with Crippen LogP contribution in [0.25, 0.3) is 0 Å². The van der Waals surface area contributed by atoms with Gasteiger partial charge in [0.25, 0.3) is 23.4 Å². The van der Waals surface area contributed by atoms with Crippen LogP contribution in [0.5, 0.6) is 0 Å². The number of carbonyl (C=O) groups is 3. The van der Waals surface area contributed by atoms with E-state index in [-0.39, 0.29) is 28.1 Å². The van der Waals surface area contributed by atoms with E-state index in [0.29, 0.717) is 5.69 Å². The Hall–Kier alpha value is -4.33. The molecule has 1 heterocycles. The van der Waals surface area contributed by atoms with Crippen LogP contribution in [-0.4, -0.2) is 22.6 Å². The first kappa shape index (κ1) is 20.0. The monoisotopic (exact) mass is 415 g/mol. The van der Waals surface area contributed by atoms with Gasteiger partial charge in [0.05, 0.1) is 21.7 Å². The molecule has 0 fully saturated rings. The Bertz CT molecular complexity index is 1230. The maximum Gasteiger partial charge on any atom is 0.269 e. The number of para-hydroxylation sites is 1. The third kappa shape index (κ3) is 3.55. The smallest absolute Gasteiger partial charge is 0.269 e. The minimum Gasteiger partial charge on any atom is -0.322 e. The number of aryl methyl sites for hydroxylation is 1. The summed E-state index contributed by atoms with van der Waals surface area (Å²) in [7, 11) is 0. The van der Waals surface area contributed by atoms with Crippen molar-refractivity contribution in [2.75, 3.05) is 10.2 Å². The Balaban J connectivity index is 1.62. The van der Waals surface area contributed by atoms with Gasteiger partial charge in [0, 0.05) is 23.4 Å². The number of imide groups is 1. The van der Waals surface area contributed by atoms with Gasteiger partial charge in [0.2, 0.25) is 0 Å². The first-order chi connectivity index (χ1) is 14.9. The van der Waals surface area contributed by atoms with Gasteiger partial charge >= 0.3 is 0 Å². The number of nitrogens with zero attached hydrogens (tertiary/aromatic N) is 2. The van der Waals surface area contributed by atoms with Crippen molar-refractivity contribution >= 4 is 34.8 Å². The van der Waals surface area contributed by atoms with E-state index in [0.717, 1.165) is 16.9 Å². The molecule has 0 atom stereocenters. The van der Waals surface area contributed by atoms with E-state index >= 15 is 0 Å². The van der Waals surface area contributed by atoms with Crippen molar-refractivity contribution < 1.29 is 19.3 Å². The summed E-state index contributed by atoms with van der Waals surface area (Å²) >= 11 is 0. The average molecular weight is 415 g/mol. The Kier molecular flexibility index (Phi) is 5.04. The maximum absolute atomic E-state index is 12.9. The van der Waals surface area contributed by atoms with Crippen LogP contribution in [0.4, 0.5) is 17.1 Å². The molecule has 0 aromatic heterocycles. The largest absolute Gasteiger partial charge is 0.322 e. The molecule has 0 spiro atoms. The number of hydrogen-bond acceptors (Lipinski definition) is 5. The highest BCUT2D eigenvalue weighted by Crippen LogP contribution is 2.30. The van der Waals surface area contributed by atoms with Gasteiger partial charge in [-0.3, -0.25) is 24.5 Å². The van der Waals surface area contributed by atoms with Gasteiger partial charge in [-0.05, 0) is 48.4 Å². The number of anilines is 2. The summed E-state index contributed by atoms with van der Waals surface area (Å²) in [6.07, 6.45) is 0.748. The van der Waals surface area contributed by atoms with Crippen LogP contribution in [0, 0.1) is 10.1 Å². The second-order valence-electron chi connectivity index (χ2n) is 6.94. The minimum atomic E-state index is -0.586. The molecule has 0 saturated carbocycles. The summed E-state index contributed by atoms with van der Waals surface area (Å²) in [5.74, 6) is -1.52. The first-order valence-electron chi connectivity index (χ1n) is 9.57. The third-order valence-electron chi connectivity index (χ3n) is 5.11. The van der Waals surface area contributed by atoms with Crippen LogP contribution >= 0.6 is 0 Å². The topological polar surface area (TPSA) is 110 Å². The number of nitro groups is 1. The van der Waals surface area contributed by atoms with Gasteiger partial charge < -0.3 is 5.32 Å². The summed E-state index contributed by atoms with van der Waals surface area (Å²) in [5.41, 5.74) is 2.27. The molecule has 8 heteroatoms. The van der Waals surface area contributed by atoms with E-state index < -0.39 is 22.6 Å². The van der Waals surface area contributed by atoms with Gasteiger partial charge in [-0.2, -0.15) is 0 Å². The summed E-state index contributed by atoms with van der Waals surface area (Å²) < 4.78 is 0. The molecule has 3 aromatic carbocycles. The molecule has 0 bridgehead atoms. The highest BCUT2D eigenvalue weighted by molar-refractivity contribution is 6.34. The molecule has 0 saturated heterocycles. The highest BCUT2D eigenvalue weighted by Gasteiger charge is 2.37. The number of hydrogen-bond donors (Lipinski definition) is 1. The number of fused-ring (bicyclic) bond motifs is 1. The first-order valence-corrected chi connectivity index (χ1v) is 9.57. The van der Waals surface area contributed by atoms with Crippen LogP contribution in [-0.2, 0) is 6.42 Å². The summed E-state index contributed by atoms with van der Waals surface area (Å²) in [5, 5.41) is 13.7. The molecule has 3 amide bonds. The zero-order valence-corrected chi connectivity index (χ0v) is 16.5. The SMILES string of the molecule is CCc1ccccc1NC(=O)c1ccc2c(c1)C(=O)N(c1ccc([N+](=O)[O-])cc1)C2=O. The lowest BCUT2D eigenvalue weighted by Gasteiger charge is -2.13. The number of amides is 3. The van der Waals surface area contributed by atoms with E-state index in [2.05, 4.69) is 5.32 Å². The van der Waals surface area contributed by atoms with Crippen LogP contribution in [0.2, 0.25) is 0 Å². The number of benzene rings is 3. The zero-order chi connectivity index (χ0) is 22.1. The lowest BCUT2D eigenvalue weighted by Crippen LogP contribution is -2.29. The van der Waals surface area contributed by atoms with Gasteiger partial charge in [0.1, 0.15) is 0 Å². The highest BCUT2D eigenvalue weighted by atomic mass is 16.6. The predicted molar refractivity (Wildman–Crippen MR) is 114 cm³/mol. The van der Waals surface area contributed by atoms with E-state index in [1.54, 1.807) is 6.07 Å². The quantitative estimate of drug-likeness (QED) is 0.381. The van der Waals surface area contributed by atoms with E-state index in [9.17, 15) is 24.5 Å². The summed E-state index contributed by atoms with van der Waals surface area (Å²) in [6, 6.07) is 16.9. The third-order valence-corrected chi connectivity index (χ3v) is 5.11.